The van der Waals surface area contributed by atoms with Crippen LogP contribution in [0.3, 0.4) is 0 Å². The summed E-state index contributed by atoms with van der Waals surface area (Å²) in [6.45, 7) is 3.70. The molecule has 0 fully saturated rings. The predicted octanol–water partition coefficient (Wildman–Crippen LogP) is 2.39. The third-order valence-corrected chi connectivity index (χ3v) is 5.92. The van der Waals surface area contributed by atoms with Gasteiger partial charge in [0, 0.05) is 23.5 Å². The van der Waals surface area contributed by atoms with Crippen LogP contribution in [0.5, 0.6) is 11.5 Å². The standard InChI is InChI=1S/C24H30N4O4S/c1-2-23-22(27-28-33-23)11-6-17-4-3-5-21(14-17)32-16-19(29)15-26-12-13-31-20-9-7-18(8-10-20)24(25)30/h3-5,7-10,14,19,26,29H,2,6,11-13,15-16H2,1H3,(H2,25,30). The van der Waals surface area contributed by atoms with Gasteiger partial charge in [0.1, 0.15) is 30.8 Å². The first-order valence-electron chi connectivity index (χ1n) is 11.0. The van der Waals surface area contributed by atoms with Crippen LogP contribution in [-0.2, 0) is 19.3 Å². The minimum absolute atomic E-state index is 0.196. The van der Waals surface area contributed by atoms with Crippen LogP contribution in [0.2, 0.25) is 0 Å². The van der Waals surface area contributed by atoms with Gasteiger partial charge < -0.3 is 25.6 Å². The Morgan fingerprint density at radius 1 is 1.15 bits per heavy atom. The van der Waals surface area contributed by atoms with E-state index in [-0.39, 0.29) is 6.61 Å². The number of carbonyl (C=O) groups excluding carboxylic acids is 1. The summed E-state index contributed by atoms with van der Waals surface area (Å²) in [5, 5.41) is 17.5. The summed E-state index contributed by atoms with van der Waals surface area (Å²) in [6.07, 6.45) is 2.03. The summed E-state index contributed by atoms with van der Waals surface area (Å²) < 4.78 is 15.4. The first-order valence-corrected chi connectivity index (χ1v) is 11.8. The van der Waals surface area contributed by atoms with E-state index in [0.717, 1.165) is 36.3 Å². The van der Waals surface area contributed by atoms with Gasteiger partial charge in [0.05, 0.1) is 5.69 Å². The fraction of sp³-hybridized carbons (Fsp3) is 0.375. The van der Waals surface area contributed by atoms with Crippen molar-refractivity contribution in [3.05, 3.63) is 70.2 Å². The zero-order valence-electron chi connectivity index (χ0n) is 18.7. The Kier molecular flexibility index (Phi) is 9.61. The molecule has 176 valence electrons. The molecule has 4 N–H and O–H groups in total. The molecule has 1 atom stereocenters. The van der Waals surface area contributed by atoms with Crippen LogP contribution in [0.1, 0.15) is 33.4 Å². The lowest BCUT2D eigenvalue weighted by molar-refractivity contribution is 0.1000. The second kappa shape index (κ2) is 12.9. The molecule has 3 rings (SSSR count). The first kappa shape index (κ1) is 24.6. The quantitative estimate of drug-likeness (QED) is 0.310. The van der Waals surface area contributed by atoms with Crippen molar-refractivity contribution >= 4 is 17.4 Å². The second-order valence-corrected chi connectivity index (χ2v) is 8.39. The Labute approximate surface area is 197 Å². The van der Waals surface area contributed by atoms with Crippen LogP contribution in [0.25, 0.3) is 0 Å². The Morgan fingerprint density at radius 2 is 1.97 bits per heavy atom. The van der Waals surface area contributed by atoms with Gasteiger partial charge in [-0.3, -0.25) is 4.79 Å². The van der Waals surface area contributed by atoms with Gasteiger partial charge >= 0.3 is 0 Å². The van der Waals surface area contributed by atoms with Crippen LogP contribution in [-0.4, -0.2) is 53.0 Å². The number of nitrogens with zero attached hydrogens (tertiary/aromatic N) is 2. The molecule has 1 amide bonds. The molecule has 8 nitrogen and oxygen atoms in total. The lowest BCUT2D eigenvalue weighted by Gasteiger charge is -2.14. The van der Waals surface area contributed by atoms with Crippen molar-refractivity contribution in [3.63, 3.8) is 0 Å². The number of aliphatic hydroxyl groups excluding tert-OH is 1. The summed E-state index contributed by atoms with van der Waals surface area (Å²) in [7, 11) is 0. The number of hydrogen-bond donors (Lipinski definition) is 3. The number of carbonyl (C=O) groups is 1. The van der Waals surface area contributed by atoms with Gasteiger partial charge in [-0.1, -0.05) is 23.5 Å². The summed E-state index contributed by atoms with van der Waals surface area (Å²) in [6, 6.07) is 14.6. The highest BCUT2D eigenvalue weighted by Gasteiger charge is 2.08. The van der Waals surface area contributed by atoms with E-state index in [9.17, 15) is 9.90 Å². The highest BCUT2D eigenvalue weighted by molar-refractivity contribution is 7.05. The predicted molar refractivity (Wildman–Crippen MR) is 128 cm³/mol. The Balaban J connectivity index is 1.32. The number of aliphatic hydroxyl groups is 1. The molecule has 0 spiro atoms. The van der Waals surface area contributed by atoms with Gasteiger partial charge in [0.2, 0.25) is 5.91 Å². The number of aromatic nitrogens is 2. The summed E-state index contributed by atoms with van der Waals surface area (Å²) in [5.74, 6) is 0.925. The maximum absolute atomic E-state index is 11.1. The third-order valence-electron chi connectivity index (χ3n) is 5.01. The van der Waals surface area contributed by atoms with Gasteiger partial charge in [-0.25, -0.2) is 0 Å². The molecule has 33 heavy (non-hydrogen) atoms. The Morgan fingerprint density at radius 3 is 2.73 bits per heavy atom. The van der Waals surface area contributed by atoms with Crippen molar-refractivity contribution in [2.45, 2.75) is 32.3 Å². The number of nitrogens with two attached hydrogens (primary N) is 1. The van der Waals surface area contributed by atoms with Crippen molar-refractivity contribution in [3.8, 4) is 11.5 Å². The third kappa shape index (κ3) is 8.12. The largest absolute Gasteiger partial charge is 0.492 e. The average Bonchev–Trinajstić information content (AvgIpc) is 3.29. The Hall–Kier alpha value is -3.01. The molecule has 0 saturated heterocycles. The molecule has 0 aliphatic heterocycles. The van der Waals surface area contributed by atoms with Crippen molar-refractivity contribution in [1.82, 2.24) is 14.9 Å². The van der Waals surface area contributed by atoms with Crippen molar-refractivity contribution in [1.29, 1.82) is 0 Å². The fourth-order valence-corrected chi connectivity index (χ4v) is 3.83. The molecular formula is C24H30N4O4S. The van der Waals surface area contributed by atoms with Crippen LogP contribution in [0, 0.1) is 0 Å². The molecule has 0 aliphatic rings. The van der Waals surface area contributed by atoms with Crippen LogP contribution in [0.15, 0.2) is 48.5 Å². The van der Waals surface area contributed by atoms with Crippen LogP contribution in [0.4, 0.5) is 0 Å². The molecule has 9 heteroatoms. The van der Waals surface area contributed by atoms with E-state index in [2.05, 4.69) is 27.9 Å². The van der Waals surface area contributed by atoms with Crippen LogP contribution < -0.4 is 20.5 Å². The highest BCUT2D eigenvalue weighted by Crippen LogP contribution is 2.18. The van der Waals surface area contributed by atoms with Gasteiger partial charge in [-0.2, -0.15) is 0 Å². The van der Waals surface area contributed by atoms with Crippen molar-refractivity contribution in [2.75, 3.05) is 26.3 Å². The van der Waals surface area contributed by atoms with E-state index < -0.39 is 12.0 Å². The van der Waals surface area contributed by atoms with Gasteiger partial charge in [0.25, 0.3) is 0 Å². The normalized spacial score (nSPS) is 11.8. The minimum atomic E-state index is -0.642. The molecule has 0 bridgehead atoms. The van der Waals surface area contributed by atoms with E-state index in [1.54, 1.807) is 24.3 Å². The summed E-state index contributed by atoms with van der Waals surface area (Å²) in [4.78, 5) is 12.3. The molecule has 1 aromatic heterocycles. The molecule has 2 aromatic carbocycles. The minimum Gasteiger partial charge on any atom is -0.492 e. The zero-order valence-corrected chi connectivity index (χ0v) is 19.5. The first-order chi connectivity index (χ1) is 16.0. The second-order valence-electron chi connectivity index (χ2n) is 7.55. The summed E-state index contributed by atoms with van der Waals surface area (Å²) >= 11 is 1.47. The monoisotopic (exact) mass is 470 g/mol. The number of aryl methyl sites for hydroxylation is 3. The average molecular weight is 471 g/mol. The van der Waals surface area contributed by atoms with E-state index in [0.29, 0.717) is 31.0 Å². The van der Waals surface area contributed by atoms with Crippen LogP contribution >= 0.6 is 11.5 Å². The molecule has 0 aliphatic carbocycles. The van der Waals surface area contributed by atoms with Gasteiger partial charge in [0.15, 0.2) is 0 Å². The number of ether oxygens (including phenoxy) is 2. The topological polar surface area (TPSA) is 120 Å². The number of nitrogens with one attached hydrogen (secondary N) is 1. The number of amides is 1. The smallest absolute Gasteiger partial charge is 0.248 e. The van der Waals surface area contributed by atoms with Crippen molar-refractivity contribution in [2.24, 2.45) is 5.73 Å². The van der Waals surface area contributed by atoms with Gasteiger partial charge in [-0.05, 0) is 72.8 Å². The Bertz CT molecular complexity index is 1010. The molecule has 0 saturated carbocycles. The molecule has 1 heterocycles. The highest BCUT2D eigenvalue weighted by atomic mass is 32.1. The number of benzene rings is 2. The van der Waals surface area contributed by atoms with Crippen molar-refractivity contribution < 1.29 is 19.4 Å². The number of rotatable bonds is 14. The van der Waals surface area contributed by atoms with E-state index in [1.165, 1.54) is 16.4 Å². The number of hydrogen-bond acceptors (Lipinski definition) is 8. The SMILES string of the molecule is CCc1snnc1CCc1cccc(OCC(O)CNCCOc2ccc(C(N)=O)cc2)c1. The summed E-state index contributed by atoms with van der Waals surface area (Å²) in [5.41, 5.74) is 7.89. The lowest BCUT2D eigenvalue weighted by Crippen LogP contribution is -2.33. The molecule has 0 radical (unpaired) electrons. The zero-order chi connectivity index (χ0) is 23.5. The molecule has 3 aromatic rings. The van der Waals surface area contributed by atoms with E-state index >= 15 is 0 Å². The maximum Gasteiger partial charge on any atom is 0.248 e. The number of primary amides is 1. The maximum atomic E-state index is 11.1. The van der Waals surface area contributed by atoms with E-state index in [4.69, 9.17) is 15.2 Å². The lowest BCUT2D eigenvalue weighted by atomic mass is 10.1. The fourth-order valence-electron chi connectivity index (χ4n) is 3.22. The molecule has 1 unspecified atom stereocenters. The van der Waals surface area contributed by atoms with E-state index in [1.807, 2.05) is 18.2 Å². The van der Waals surface area contributed by atoms with Gasteiger partial charge in [-0.15, -0.1) is 5.10 Å². The molecular weight excluding hydrogens is 440 g/mol.